The van der Waals surface area contributed by atoms with Crippen LogP contribution in [0.25, 0.3) is 0 Å². The second-order valence-corrected chi connectivity index (χ2v) is 5.98. The highest BCUT2D eigenvalue weighted by Gasteiger charge is 2.13. The Morgan fingerprint density at radius 1 is 1.24 bits per heavy atom. The third kappa shape index (κ3) is 5.10. The molecule has 0 aliphatic carbocycles. The summed E-state index contributed by atoms with van der Waals surface area (Å²) >= 11 is 6.07. The molecule has 0 unspecified atom stereocenters. The van der Waals surface area contributed by atoms with Gasteiger partial charge in [0.05, 0.1) is 0 Å². The van der Waals surface area contributed by atoms with Crippen LogP contribution in [0, 0.1) is 18.3 Å². The van der Waals surface area contributed by atoms with Crippen molar-refractivity contribution in [2.75, 3.05) is 11.9 Å². The molecule has 5 heteroatoms. The Morgan fingerprint density at radius 2 is 1.96 bits per heavy atom. The Balaban J connectivity index is 2.16. The number of anilines is 1. The van der Waals surface area contributed by atoms with Crippen molar-refractivity contribution in [1.82, 2.24) is 4.90 Å². The first-order valence-electron chi connectivity index (χ1n) is 8.01. The molecule has 2 aromatic carbocycles. The van der Waals surface area contributed by atoms with Crippen molar-refractivity contribution in [3.8, 4) is 6.07 Å². The fourth-order valence-electron chi connectivity index (χ4n) is 2.32. The van der Waals surface area contributed by atoms with E-state index in [0.29, 0.717) is 23.8 Å². The van der Waals surface area contributed by atoms with Gasteiger partial charge in [-0.2, -0.15) is 5.26 Å². The van der Waals surface area contributed by atoms with Gasteiger partial charge in [0.25, 0.3) is 5.91 Å². The molecule has 0 atom stereocenters. The number of nitriles is 1. The van der Waals surface area contributed by atoms with Crippen LogP contribution in [-0.2, 0) is 11.3 Å². The summed E-state index contributed by atoms with van der Waals surface area (Å²) in [4.78, 5) is 14.4. The highest BCUT2D eigenvalue weighted by molar-refractivity contribution is 6.31. The zero-order chi connectivity index (χ0) is 18.2. The maximum Gasteiger partial charge on any atom is 0.267 e. The summed E-state index contributed by atoms with van der Waals surface area (Å²) in [5, 5.41) is 12.7. The van der Waals surface area contributed by atoms with Gasteiger partial charge in [0.1, 0.15) is 11.6 Å². The Labute approximate surface area is 153 Å². The Kier molecular flexibility index (Phi) is 6.62. The summed E-state index contributed by atoms with van der Waals surface area (Å²) in [7, 11) is 0. The average molecular weight is 354 g/mol. The molecule has 0 aliphatic rings. The minimum atomic E-state index is -0.445. The number of rotatable bonds is 6. The van der Waals surface area contributed by atoms with E-state index in [1.807, 2.05) is 55.1 Å². The lowest BCUT2D eigenvalue weighted by Gasteiger charge is -2.19. The van der Waals surface area contributed by atoms with Crippen LogP contribution in [0.15, 0.2) is 60.3 Å². The number of amides is 1. The van der Waals surface area contributed by atoms with Crippen LogP contribution in [0.5, 0.6) is 0 Å². The fraction of sp³-hybridized carbons (Fsp3) is 0.200. The van der Waals surface area contributed by atoms with Crippen molar-refractivity contribution in [2.45, 2.75) is 20.4 Å². The molecule has 0 radical (unpaired) electrons. The smallest absolute Gasteiger partial charge is 0.267 e. The largest absolute Gasteiger partial charge is 0.372 e. The highest BCUT2D eigenvalue weighted by atomic mass is 35.5. The first-order chi connectivity index (χ1) is 12.0. The van der Waals surface area contributed by atoms with Crippen LogP contribution in [-0.4, -0.2) is 17.4 Å². The molecule has 2 rings (SSSR count). The van der Waals surface area contributed by atoms with Crippen LogP contribution in [0.3, 0.4) is 0 Å². The number of nitrogens with one attached hydrogen (secondary N) is 1. The van der Waals surface area contributed by atoms with Crippen LogP contribution in [0.4, 0.5) is 5.69 Å². The molecular formula is C20H20ClN3O. The fourth-order valence-corrected chi connectivity index (χ4v) is 2.49. The topological polar surface area (TPSA) is 56.1 Å². The van der Waals surface area contributed by atoms with Gasteiger partial charge in [0.2, 0.25) is 0 Å². The van der Waals surface area contributed by atoms with E-state index in [1.165, 1.54) is 0 Å². The third-order valence-electron chi connectivity index (χ3n) is 3.83. The van der Waals surface area contributed by atoms with Crippen molar-refractivity contribution < 1.29 is 4.79 Å². The SMILES string of the molecule is CCN(/C=C(/C#N)C(=O)Nc1cccc(Cl)c1C)Cc1ccccc1. The van der Waals surface area contributed by atoms with Crippen molar-refractivity contribution in [3.63, 3.8) is 0 Å². The van der Waals surface area contributed by atoms with Gasteiger partial charge in [0.15, 0.2) is 0 Å². The molecule has 2 aromatic rings. The number of carbonyl (C=O) groups is 1. The lowest BCUT2D eigenvalue weighted by molar-refractivity contribution is -0.112. The molecule has 25 heavy (non-hydrogen) atoms. The first kappa shape index (κ1) is 18.6. The number of benzene rings is 2. The van der Waals surface area contributed by atoms with E-state index in [0.717, 1.165) is 11.1 Å². The van der Waals surface area contributed by atoms with Gasteiger partial charge in [-0.3, -0.25) is 4.79 Å². The molecule has 0 bridgehead atoms. The van der Waals surface area contributed by atoms with Gasteiger partial charge >= 0.3 is 0 Å². The average Bonchev–Trinajstić information content (AvgIpc) is 2.63. The van der Waals surface area contributed by atoms with Gasteiger partial charge in [-0.1, -0.05) is 48.0 Å². The monoisotopic (exact) mass is 353 g/mol. The molecule has 1 N–H and O–H groups in total. The van der Waals surface area contributed by atoms with Crippen molar-refractivity contribution in [1.29, 1.82) is 5.26 Å². The van der Waals surface area contributed by atoms with E-state index < -0.39 is 5.91 Å². The number of carbonyl (C=O) groups excluding carboxylic acids is 1. The van der Waals surface area contributed by atoms with E-state index in [4.69, 9.17) is 11.6 Å². The lowest BCUT2D eigenvalue weighted by Crippen LogP contribution is -2.21. The molecule has 0 spiro atoms. The number of hydrogen-bond acceptors (Lipinski definition) is 3. The Hall–Kier alpha value is -2.77. The van der Waals surface area contributed by atoms with Crippen molar-refractivity contribution >= 4 is 23.2 Å². The quantitative estimate of drug-likeness (QED) is 0.613. The van der Waals surface area contributed by atoms with Gasteiger partial charge < -0.3 is 10.2 Å². The minimum Gasteiger partial charge on any atom is -0.372 e. The molecule has 0 saturated carbocycles. The maximum atomic E-state index is 12.4. The summed E-state index contributed by atoms with van der Waals surface area (Å²) in [6.45, 7) is 5.12. The molecule has 0 aromatic heterocycles. The molecule has 1 amide bonds. The second-order valence-electron chi connectivity index (χ2n) is 5.57. The lowest BCUT2D eigenvalue weighted by atomic mass is 10.2. The van der Waals surface area contributed by atoms with Crippen molar-refractivity contribution in [2.24, 2.45) is 0 Å². The molecule has 0 saturated heterocycles. The van der Waals surface area contributed by atoms with Crippen LogP contribution in [0.2, 0.25) is 5.02 Å². The zero-order valence-corrected chi connectivity index (χ0v) is 15.0. The predicted molar refractivity (Wildman–Crippen MR) is 101 cm³/mol. The number of hydrogen-bond donors (Lipinski definition) is 1. The third-order valence-corrected chi connectivity index (χ3v) is 4.24. The normalized spacial score (nSPS) is 10.9. The summed E-state index contributed by atoms with van der Waals surface area (Å²) in [5.74, 6) is -0.445. The molecule has 0 aliphatic heterocycles. The van der Waals surface area contributed by atoms with E-state index in [1.54, 1.807) is 24.4 Å². The molecule has 0 heterocycles. The molecule has 128 valence electrons. The summed E-state index contributed by atoms with van der Waals surface area (Å²) in [5.41, 5.74) is 2.54. The van der Waals surface area contributed by atoms with E-state index in [-0.39, 0.29) is 5.57 Å². The standard InChI is InChI=1S/C20H20ClN3O/c1-3-24(13-16-8-5-4-6-9-16)14-17(12-22)20(25)23-19-11-7-10-18(21)15(19)2/h4-11,14H,3,13H2,1-2H3,(H,23,25)/b17-14-. The Morgan fingerprint density at radius 3 is 2.60 bits per heavy atom. The minimum absolute atomic E-state index is 0.0529. The van der Waals surface area contributed by atoms with Crippen LogP contribution >= 0.6 is 11.6 Å². The van der Waals surface area contributed by atoms with E-state index >= 15 is 0 Å². The first-order valence-corrected chi connectivity index (χ1v) is 8.39. The van der Waals surface area contributed by atoms with E-state index in [9.17, 15) is 10.1 Å². The molecule has 0 fully saturated rings. The predicted octanol–water partition coefficient (Wildman–Crippen LogP) is 4.52. The van der Waals surface area contributed by atoms with Gasteiger partial charge in [-0.25, -0.2) is 0 Å². The molecular weight excluding hydrogens is 334 g/mol. The molecule has 4 nitrogen and oxygen atoms in total. The Bertz CT molecular complexity index is 809. The number of halogens is 1. The summed E-state index contributed by atoms with van der Waals surface area (Å²) in [6.07, 6.45) is 1.60. The highest BCUT2D eigenvalue weighted by Crippen LogP contribution is 2.23. The van der Waals surface area contributed by atoms with Crippen molar-refractivity contribution in [3.05, 3.63) is 76.5 Å². The van der Waals surface area contributed by atoms with E-state index in [2.05, 4.69) is 5.32 Å². The van der Waals surface area contributed by atoms with Gasteiger partial charge in [0, 0.05) is 30.0 Å². The zero-order valence-electron chi connectivity index (χ0n) is 14.3. The van der Waals surface area contributed by atoms with Gasteiger partial charge in [-0.05, 0) is 37.1 Å². The van der Waals surface area contributed by atoms with Crippen LogP contribution in [0.1, 0.15) is 18.1 Å². The summed E-state index contributed by atoms with van der Waals surface area (Å²) < 4.78 is 0. The number of nitrogens with zero attached hydrogens (tertiary/aromatic N) is 2. The second kappa shape index (κ2) is 8.91. The van der Waals surface area contributed by atoms with Crippen LogP contribution < -0.4 is 5.32 Å². The summed E-state index contributed by atoms with van der Waals surface area (Å²) in [6, 6.07) is 17.2. The van der Waals surface area contributed by atoms with Gasteiger partial charge in [-0.15, -0.1) is 0 Å². The maximum absolute atomic E-state index is 12.4.